The first-order chi connectivity index (χ1) is 9.35. The summed E-state index contributed by atoms with van der Waals surface area (Å²) in [6, 6.07) is 0.0271. The standard InChI is InChI=1S/C14H22N4O2/c1-9-16-7-10(8-17-9)12-11(5-6-15-12)18-13(19)20-14(2,3)4/h7-8,11-12,15H,5-6H2,1-4H3,(H,18,19)/t11-,12+/m1/s1. The highest BCUT2D eigenvalue weighted by Crippen LogP contribution is 2.23. The van der Waals surface area contributed by atoms with Crippen molar-refractivity contribution in [2.45, 2.75) is 51.8 Å². The lowest BCUT2D eigenvalue weighted by Gasteiger charge is -2.24. The lowest BCUT2D eigenvalue weighted by Crippen LogP contribution is -2.41. The smallest absolute Gasteiger partial charge is 0.407 e. The van der Waals surface area contributed by atoms with Gasteiger partial charge in [-0.1, -0.05) is 0 Å². The predicted molar refractivity (Wildman–Crippen MR) is 75.3 cm³/mol. The Bertz CT molecular complexity index is 467. The van der Waals surface area contributed by atoms with E-state index in [-0.39, 0.29) is 18.2 Å². The SMILES string of the molecule is Cc1ncc([C@@H]2NCC[C@H]2NC(=O)OC(C)(C)C)cn1. The maximum atomic E-state index is 11.9. The molecule has 2 heterocycles. The Morgan fingerprint density at radius 3 is 2.65 bits per heavy atom. The molecular formula is C14H22N4O2. The molecule has 0 aromatic carbocycles. The maximum Gasteiger partial charge on any atom is 0.407 e. The molecule has 6 heteroatoms. The highest BCUT2D eigenvalue weighted by molar-refractivity contribution is 5.68. The molecule has 1 aliphatic rings. The van der Waals surface area contributed by atoms with Crippen LogP contribution in [0.3, 0.4) is 0 Å². The lowest BCUT2D eigenvalue weighted by atomic mass is 10.0. The van der Waals surface area contributed by atoms with Crippen LogP contribution in [-0.4, -0.2) is 34.2 Å². The van der Waals surface area contributed by atoms with Gasteiger partial charge in [0.15, 0.2) is 0 Å². The third kappa shape index (κ3) is 3.90. The zero-order chi connectivity index (χ0) is 14.8. The van der Waals surface area contributed by atoms with Gasteiger partial charge in [-0.15, -0.1) is 0 Å². The van der Waals surface area contributed by atoms with Crippen LogP contribution in [0, 0.1) is 6.92 Å². The van der Waals surface area contributed by atoms with E-state index in [9.17, 15) is 4.79 Å². The molecular weight excluding hydrogens is 256 g/mol. The zero-order valence-electron chi connectivity index (χ0n) is 12.4. The van der Waals surface area contributed by atoms with Gasteiger partial charge in [-0.05, 0) is 40.7 Å². The molecule has 1 amide bonds. The Kier molecular flexibility index (Phi) is 4.23. The number of carbonyl (C=O) groups excluding carboxylic acids is 1. The minimum Gasteiger partial charge on any atom is -0.444 e. The van der Waals surface area contributed by atoms with Gasteiger partial charge in [0.2, 0.25) is 0 Å². The van der Waals surface area contributed by atoms with Gasteiger partial charge in [0.25, 0.3) is 0 Å². The highest BCUT2D eigenvalue weighted by atomic mass is 16.6. The third-order valence-electron chi connectivity index (χ3n) is 3.08. The van der Waals surface area contributed by atoms with Crippen molar-refractivity contribution in [1.29, 1.82) is 0 Å². The van der Waals surface area contributed by atoms with E-state index in [1.54, 1.807) is 12.4 Å². The number of aryl methyl sites for hydroxylation is 1. The molecule has 2 atom stereocenters. The van der Waals surface area contributed by atoms with Crippen LogP contribution >= 0.6 is 0 Å². The van der Waals surface area contributed by atoms with E-state index in [0.717, 1.165) is 24.4 Å². The minimum atomic E-state index is -0.488. The van der Waals surface area contributed by atoms with E-state index < -0.39 is 5.60 Å². The summed E-state index contributed by atoms with van der Waals surface area (Å²) < 4.78 is 5.29. The Morgan fingerprint density at radius 2 is 2.05 bits per heavy atom. The largest absolute Gasteiger partial charge is 0.444 e. The highest BCUT2D eigenvalue weighted by Gasteiger charge is 2.31. The summed E-state index contributed by atoms with van der Waals surface area (Å²) in [6.07, 6.45) is 4.08. The van der Waals surface area contributed by atoms with E-state index in [1.807, 2.05) is 27.7 Å². The molecule has 2 rings (SSSR count). The fourth-order valence-corrected chi connectivity index (χ4v) is 2.23. The van der Waals surface area contributed by atoms with Crippen LogP contribution in [0.5, 0.6) is 0 Å². The second kappa shape index (κ2) is 5.75. The number of carbonyl (C=O) groups is 1. The molecule has 0 aliphatic carbocycles. The first-order valence-corrected chi connectivity index (χ1v) is 6.86. The van der Waals surface area contributed by atoms with Crippen molar-refractivity contribution in [1.82, 2.24) is 20.6 Å². The number of rotatable bonds is 2. The average molecular weight is 278 g/mol. The molecule has 1 saturated heterocycles. The van der Waals surface area contributed by atoms with Gasteiger partial charge in [0.05, 0.1) is 12.1 Å². The molecule has 1 aromatic heterocycles. The monoisotopic (exact) mass is 278 g/mol. The van der Waals surface area contributed by atoms with Crippen LogP contribution in [0.15, 0.2) is 12.4 Å². The summed E-state index contributed by atoms with van der Waals surface area (Å²) in [7, 11) is 0. The summed E-state index contributed by atoms with van der Waals surface area (Å²) in [4.78, 5) is 20.3. The molecule has 6 nitrogen and oxygen atoms in total. The Labute approximate surface area is 119 Å². The molecule has 0 unspecified atom stereocenters. The molecule has 0 saturated carbocycles. The normalized spacial score (nSPS) is 22.6. The number of amides is 1. The molecule has 1 fully saturated rings. The molecule has 0 radical (unpaired) electrons. The zero-order valence-corrected chi connectivity index (χ0v) is 12.4. The molecule has 1 aromatic rings. The van der Waals surface area contributed by atoms with Gasteiger partial charge in [-0.2, -0.15) is 0 Å². The van der Waals surface area contributed by atoms with Crippen LogP contribution in [-0.2, 0) is 4.74 Å². The Balaban J connectivity index is 2.00. The quantitative estimate of drug-likeness (QED) is 0.861. The summed E-state index contributed by atoms with van der Waals surface area (Å²) in [5, 5.41) is 6.28. The number of aromatic nitrogens is 2. The van der Waals surface area contributed by atoms with Gasteiger partial charge in [0, 0.05) is 18.0 Å². The van der Waals surface area contributed by atoms with Crippen LogP contribution in [0.2, 0.25) is 0 Å². The van der Waals surface area contributed by atoms with Crippen molar-refractivity contribution in [3.63, 3.8) is 0 Å². The number of nitrogens with zero attached hydrogens (tertiary/aromatic N) is 2. The topological polar surface area (TPSA) is 76.1 Å². The van der Waals surface area contributed by atoms with E-state index in [1.165, 1.54) is 0 Å². The fourth-order valence-electron chi connectivity index (χ4n) is 2.23. The van der Waals surface area contributed by atoms with Gasteiger partial charge < -0.3 is 15.4 Å². The van der Waals surface area contributed by atoms with Crippen LogP contribution in [0.25, 0.3) is 0 Å². The second-order valence-corrected chi connectivity index (χ2v) is 6.04. The first kappa shape index (κ1) is 14.7. The molecule has 1 aliphatic heterocycles. The number of alkyl carbamates (subject to hydrolysis) is 1. The molecule has 2 N–H and O–H groups in total. The van der Waals surface area contributed by atoms with Crippen LogP contribution < -0.4 is 10.6 Å². The third-order valence-corrected chi connectivity index (χ3v) is 3.08. The van der Waals surface area contributed by atoms with Crippen LogP contribution in [0.1, 0.15) is 44.6 Å². The van der Waals surface area contributed by atoms with Crippen LogP contribution in [0.4, 0.5) is 4.79 Å². The van der Waals surface area contributed by atoms with Crippen molar-refractivity contribution in [3.8, 4) is 0 Å². The van der Waals surface area contributed by atoms with Gasteiger partial charge in [-0.3, -0.25) is 0 Å². The Morgan fingerprint density at radius 1 is 1.40 bits per heavy atom. The maximum absolute atomic E-state index is 11.9. The molecule has 20 heavy (non-hydrogen) atoms. The first-order valence-electron chi connectivity index (χ1n) is 6.86. The van der Waals surface area contributed by atoms with E-state index in [2.05, 4.69) is 20.6 Å². The fraction of sp³-hybridized carbons (Fsp3) is 0.643. The lowest BCUT2D eigenvalue weighted by molar-refractivity contribution is 0.0500. The average Bonchev–Trinajstić information content (AvgIpc) is 2.75. The van der Waals surface area contributed by atoms with Crippen molar-refractivity contribution in [2.24, 2.45) is 0 Å². The van der Waals surface area contributed by atoms with E-state index in [0.29, 0.717) is 0 Å². The summed E-state index contributed by atoms with van der Waals surface area (Å²) >= 11 is 0. The van der Waals surface area contributed by atoms with Crippen molar-refractivity contribution < 1.29 is 9.53 Å². The number of nitrogens with one attached hydrogen (secondary N) is 2. The van der Waals surface area contributed by atoms with E-state index in [4.69, 9.17) is 4.74 Å². The molecule has 0 bridgehead atoms. The van der Waals surface area contributed by atoms with Gasteiger partial charge >= 0.3 is 6.09 Å². The number of hydrogen-bond acceptors (Lipinski definition) is 5. The number of hydrogen-bond donors (Lipinski definition) is 2. The van der Waals surface area contributed by atoms with Gasteiger partial charge in [0.1, 0.15) is 11.4 Å². The van der Waals surface area contributed by atoms with Crippen molar-refractivity contribution >= 4 is 6.09 Å². The molecule has 110 valence electrons. The van der Waals surface area contributed by atoms with Gasteiger partial charge in [-0.25, -0.2) is 14.8 Å². The molecule has 0 spiro atoms. The summed E-state index contributed by atoms with van der Waals surface area (Å²) in [5.74, 6) is 0.739. The Hall–Kier alpha value is -1.69. The van der Waals surface area contributed by atoms with Crippen molar-refractivity contribution in [2.75, 3.05) is 6.54 Å². The second-order valence-electron chi connectivity index (χ2n) is 6.04. The minimum absolute atomic E-state index is 0.00356. The summed E-state index contributed by atoms with van der Waals surface area (Å²) in [5.41, 5.74) is 0.493. The van der Waals surface area contributed by atoms with Crippen molar-refractivity contribution in [3.05, 3.63) is 23.8 Å². The van der Waals surface area contributed by atoms with E-state index >= 15 is 0 Å². The number of ether oxygens (including phenoxy) is 1. The predicted octanol–water partition coefficient (Wildman–Crippen LogP) is 1.71. The summed E-state index contributed by atoms with van der Waals surface area (Å²) in [6.45, 7) is 8.25.